The molecule has 0 aliphatic heterocycles. The highest BCUT2D eigenvalue weighted by Gasteiger charge is 2.36. The summed E-state index contributed by atoms with van der Waals surface area (Å²) in [5.74, 6) is 0.678. The van der Waals surface area contributed by atoms with Crippen LogP contribution in [0.3, 0.4) is 0 Å². The molecule has 0 bridgehead atoms. The molecule has 1 fully saturated rings. The van der Waals surface area contributed by atoms with Gasteiger partial charge in [-0.2, -0.15) is 0 Å². The minimum Gasteiger partial charge on any atom is -0.387 e. The quantitative estimate of drug-likeness (QED) is 0.809. The van der Waals surface area contributed by atoms with E-state index in [-0.39, 0.29) is 0 Å². The van der Waals surface area contributed by atoms with Gasteiger partial charge in [0.25, 0.3) is 0 Å². The van der Waals surface area contributed by atoms with Crippen LogP contribution in [0.2, 0.25) is 0 Å². The van der Waals surface area contributed by atoms with Crippen molar-refractivity contribution in [2.75, 3.05) is 6.54 Å². The first-order chi connectivity index (χ1) is 8.48. The van der Waals surface area contributed by atoms with Crippen molar-refractivity contribution in [1.82, 2.24) is 5.32 Å². The summed E-state index contributed by atoms with van der Waals surface area (Å²) in [6.07, 6.45) is 3.17. The van der Waals surface area contributed by atoms with Crippen molar-refractivity contribution in [2.45, 2.75) is 51.7 Å². The molecule has 100 valence electrons. The van der Waals surface area contributed by atoms with Crippen molar-refractivity contribution >= 4 is 0 Å². The van der Waals surface area contributed by atoms with Crippen molar-refractivity contribution < 1.29 is 5.11 Å². The highest BCUT2D eigenvalue weighted by Crippen LogP contribution is 2.34. The lowest BCUT2D eigenvalue weighted by Gasteiger charge is -2.16. The molecule has 2 heteroatoms. The Morgan fingerprint density at radius 3 is 2.33 bits per heavy atom. The second kappa shape index (κ2) is 5.41. The number of β-amino-alcohol motifs (C(OH)–C–C–N with tert-alkyl or cyclic N) is 1. The van der Waals surface area contributed by atoms with Crippen molar-refractivity contribution in [3.63, 3.8) is 0 Å². The molecule has 0 radical (unpaired) electrons. The van der Waals surface area contributed by atoms with Gasteiger partial charge in [0.2, 0.25) is 0 Å². The number of aliphatic hydroxyl groups excluding tert-OH is 1. The van der Waals surface area contributed by atoms with E-state index in [1.54, 1.807) is 0 Å². The maximum atomic E-state index is 10.1. The topological polar surface area (TPSA) is 32.3 Å². The standard InChI is InChI=1S/C16H25NO/c1-12(2)10-13-4-6-14(7-5-13)15(18)11-17-16(3)8-9-16/h4-7,12,15,17-18H,8-11H2,1-3H3. The Bertz CT molecular complexity index is 379. The van der Waals surface area contributed by atoms with E-state index in [2.05, 4.69) is 50.4 Å². The van der Waals surface area contributed by atoms with Crippen LogP contribution in [0.1, 0.15) is 50.8 Å². The Morgan fingerprint density at radius 1 is 1.22 bits per heavy atom. The van der Waals surface area contributed by atoms with Crippen LogP contribution >= 0.6 is 0 Å². The van der Waals surface area contributed by atoms with Crippen LogP contribution in [0, 0.1) is 5.92 Å². The van der Waals surface area contributed by atoms with Gasteiger partial charge in [0.05, 0.1) is 6.10 Å². The molecule has 1 aromatic carbocycles. The smallest absolute Gasteiger partial charge is 0.0914 e. The summed E-state index contributed by atoms with van der Waals surface area (Å²) >= 11 is 0. The molecule has 2 rings (SSSR count). The molecule has 2 N–H and O–H groups in total. The monoisotopic (exact) mass is 247 g/mol. The van der Waals surface area contributed by atoms with Crippen molar-refractivity contribution in [1.29, 1.82) is 0 Å². The number of aliphatic hydroxyl groups is 1. The van der Waals surface area contributed by atoms with Gasteiger partial charge in [0.1, 0.15) is 0 Å². The Hall–Kier alpha value is -0.860. The van der Waals surface area contributed by atoms with Gasteiger partial charge in [0, 0.05) is 12.1 Å². The van der Waals surface area contributed by atoms with Crippen molar-refractivity contribution in [3.05, 3.63) is 35.4 Å². The predicted molar refractivity (Wildman–Crippen MR) is 75.6 cm³/mol. The van der Waals surface area contributed by atoms with E-state index in [0.717, 1.165) is 12.0 Å². The second-order valence-electron chi connectivity index (χ2n) is 6.30. The number of hydrogen-bond donors (Lipinski definition) is 2. The van der Waals surface area contributed by atoms with Gasteiger partial charge in [0.15, 0.2) is 0 Å². The Morgan fingerprint density at radius 2 is 1.83 bits per heavy atom. The summed E-state index contributed by atoms with van der Waals surface area (Å²) in [6, 6.07) is 8.38. The fourth-order valence-corrected chi connectivity index (χ4v) is 2.17. The van der Waals surface area contributed by atoms with E-state index in [9.17, 15) is 5.11 Å². The average Bonchev–Trinajstić information content (AvgIpc) is 3.05. The Labute approximate surface area is 110 Å². The fourth-order valence-electron chi connectivity index (χ4n) is 2.17. The molecule has 1 aromatic rings. The number of benzene rings is 1. The molecule has 1 atom stereocenters. The third kappa shape index (κ3) is 3.82. The molecule has 0 heterocycles. The van der Waals surface area contributed by atoms with Crippen LogP contribution in [0.4, 0.5) is 0 Å². The van der Waals surface area contributed by atoms with Gasteiger partial charge in [-0.15, -0.1) is 0 Å². The minimum atomic E-state index is -0.393. The number of hydrogen-bond acceptors (Lipinski definition) is 2. The third-order valence-electron chi connectivity index (χ3n) is 3.73. The van der Waals surface area contributed by atoms with Gasteiger partial charge in [-0.05, 0) is 43.2 Å². The molecular formula is C16H25NO. The maximum Gasteiger partial charge on any atom is 0.0914 e. The van der Waals surface area contributed by atoms with Gasteiger partial charge < -0.3 is 10.4 Å². The zero-order valence-electron chi connectivity index (χ0n) is 11.7. The Kier molecular flexibility index (Phi) is 4.08. The summed E-state index contributed by atoms with van der Waals surface area (Å²) in [5, 5.41) is 13.5. The van der Waals surface area contributed by atoms with Gasteiger partial charge in [-0.3, -0.25) is 0 Å². The van der Waals surface area contributed by atoms with Crippen LogP contribution in [-0.4, -0.2) is 17.2 Å². The third-order valence-corrected chi connectivity index (χ3v) is 3.73. The molecule has 0 amide bonds. The lowest BCUT2D eigenvalue weighted by molar-refractivity contribution is 0.169. The first-order valence-corrected chi connectivity index (χ1v) is 7.00. The maximum absolute atomic E-state index is 10.1. The van der Waals surface area contributed by atoms with Crippen LogP contribution in [0.15, 0.2) is 24.3 Å². The van der Waals surface area contributed by atoms with Crippen molar-refractivity contribution in [2.24, 2.45) is 5.92 Å². The fraction of sp³-hybridized carbons (Fsp3) is 0.625. The Balaban J connectivity index is 1.87. The van der Waals surface area contributed by atoms with Crippen LogP contribution < -0.4 is 5.32 Å². The van der Waals surface area contributed by atoms with E-state index in [1.807, 2.05) is 0 Å². The van der Waals surface area contributed by atoms with E-state index >= 15 is 0 Å². The van der Waals surface area contributed by atoms with Gasteiger partial charge >= 0.3 is 0 Å². The van der Waals surface area contributed by atoms with E-state index < -0.39 is 6.10 Å². The molecule has 0 spiro atoms. The van der Waals surface area contributed by atoms with E-state index in [0.29, 0.717) is 18.0 Å². The lowest BCUT2D eigenvalue weighted by Crippen LogP contribution is -2.31. The van der Waals surface area contributed by atoms with Crippen LogP contribution in [-0.2, 0) is 6.42 Å². The van der Waals surface area contributed by atoms with Gasteiger partial charge in [-0.1, -0.05) is 38.1 Å². The molecule has 2 nitrogen and oxygen atoms in total. The molecular weight excluding hydrogens is 222 g/mol. The number of rotatable bonds is 6. The highest BCUT2D eigenvalue weighted by molar-refractivity contribution is 5.24. The van der Waals surface area contributed by atoms with Crippen LogP contribution in [0.5, 0.6) is 0 Å². The molecule has 1 saturated carbocycles. The van der Waals surface area contributed by atoms with E-state index in [4.69, 9.17) is 0 Å². The average molecular weight is 247 g/mol. The minimum absolute atomic E-state index is 0.290. The predicted octanol–water partition coefficient (Wildman–Crippen LogP) is 3.06. The normalized spacial score (nSPS) is 18.9. The molecule has 1 aliphatic rings. The summed E-state index contributed by atoms with van der Waals surface area (Å²) in [4.78, 5) is 0. The summed E-state index contributed by atoms with van der Waals surface area (Å²) in [7, 11) is 0. The lowest BCUT2D eigenvalue weighted by atomic mass is 10.00. The first-order valence-electron chi connectivity index (χ1n) is 7.00. The SMILES string of the molecule is CC(C)Cc1ccc(C(O)CNC2(C)CC2)cc1. The second-order valence-corrected chi connectivity index (χ2v) is 6.30. The molecule has 0 aromatic heterocycles. The molecule has 1 aliphatic carbocycles. The zero-order chi connectivity index (χ0) is 13.2. The summed E-state index contributed by atoms with van der Waals surface area (Å²) < 4.78 is 0. The van der Waals surface area contributed by atoms with Gasteiger partial charge in [-0.25, -0.2) is 0 Å². The molecule has 18 heavy (non-hydrogen) atoms. The largest absolute Gasteiger partial charge is 0.387 e. The van der Waals surface area contributed by atoms with Crippen LogP contribution in [0.25, 0.3) is 0 Å². The molecule has 1 unspecified atom stereocenters. The summed E-state index contributed by atoms with van der Waals surface area (Å²) in [6.45, 7) is 7.32. The van der Waals surface area contributed by atoms with E-state index in [1.165, 1.54) is 18.4 Å². The zero-order valence-corrected chi connectivity index (χ0v) is 11.7. The highest BCUT2D eigenvalue weighted by atomic mass is 16.3. The molecule has 0 saturated heterocycles. The van der Waals surface area contributed by atoms with Crippen molar-refractivity contribution in [3.8, 4) is 0 Å². The first kappa shape index (κ1) is 13.6. The number of nitrogens with one attached hydrogen (secondary N) is 1. The summed E-state index contributed by atoms with van der Waals surface area (Å²) in [5.41, 5.74) is 2.65.